The molecule has 1 heterocycles. The number of aliphatic hydroxyl groups excluding tert-OH is 3. The average Bonchev–Trinajstić information content (AvgIpc) is 2.91. The summed E-state index contributed by atoms with van der Waals surface area (Å²) >= 11 is 0. The van der Waals surface area contributed by atoms with E-state index in [1.165, 1.54) is 0 Å². The SMILES string of the molecule is CC12CCC(OC3O[C@H](C(=O)O)[C@@H](O)[C@H](O)[C@H]3O)(C1)C(C)(C)C2=O. The lowest BCUT2D eigenvalue weighted by Gasteiger charge is -2.46. The molecule has 1 aliphatic heterocycles. The van der Waals surface area contributed by atoms with Gasteiger partial charge in [-0.15, -0.1) is 0 Å². The van der Waals surface area contributed by atoms with Crippen molar-refractivity contribution < 1.29 is 39.5 Å². The van der Waals surface area contributed by atoms with Crippen molar-refractivity contribution in [2.45, 2.75) is 76.3 Å². The molecule has 3 aliphatic rings. The lowest BCUT2D eigenvalue weighted by Crippen LogP contribution is -2.62. The Hall–Kier alpha value is -1.06. The molecule has 1 saturated heterocycles. The Bertz CT molecular complexity index is 574. The first kappa shape index (κ1) is 17.8. The van der Waals surface area contributed by atoms with Crippen LogP contribution in [0.25, 0.3) is 0 Å². The molecule has 0 aromatic rings. The fourth-order valence-electron chi connectivity index (χ4n) is 4.59. The molecule has 136 valence electrons. The Morgan fingerprint density at radius 3 is 2.25 bits per heavy atom. The minimum atomic E-state index is -1.76. The van der Waals surface area contributed by atoms with Crippen LogP contribution in [-0.4, -0.2) is 68.5 Å². The van der Waals surface area contributed by atoms with Gasteiger partial charge in [0.15, 0.2) is 12.4 Å². The number of aliphatic carboxylic acids is 1. The Labute approximate surface area is 139 Å². The Balaban J connectivity index is 1.87. The van der Waals surface area contributed by atoms with Crippen molar-refractivity contribution in [3.63, 3.8) is 0 Å². The smallest absolute Gasteiger partial charge is 0.335 e. The van der Waals surface area contributed by atoms with Gasteiger partial charge in [-0.05, 0) is 19.3 Å². The number of hydrogen-bond acceptors (Lipinski definition) is 7. The first-order valence-corrected chi connectivity index (χ1v) is 8.10. The highest BCUT2D eigenvalue weighted by atomic mass is 16.7. The number of carbonyl (C=O) groups excluding carboxylic acids is 1. The van der Waals surface area contributed by atoms with Crippen LogP contribution in [0.4, 0.5) is 0 Å². The average molecular weight is 344 g/mol. The van der Waals surface area contributed by atoms with Gasteiger partial charge >= 0.3 is 5.97 Å². The molecular weight excluding hydrogens is 320 g/mol. The van der Waals surface area contributed by atoms with Crippen LogP contribution in [0, 0.1) is 10.8 Å². The lowest BCUT2D eigenvalue weighted by atomic mass is 9.69. The molecule has 2 aliphatic carbocycles. The number of carbonyl (C=O) groups is 2. The van der Waals surface area contributed by atoms with Crippen LogP contribution >= 0.6 is 0 Å². The first-order valence-electron chi connectivity index (χ1n) is 8.10. The zero-order valence-electron chi connectivity index (χ0n) is 13.9. The highest BCUT2D eigenvalue weighted by Gasteiger charge is 2.70. The number of Topliss-reactive ketones (excluding diaryl/α,β-unsaturated/α-hetero) is 1. The Kier molecular flexibility index (Phi) is 3.86. The summed E-state index contributed by atoms with van der Waals surface area (Å²) in [4.78, 5) is 23.9. The second kappa shape index (κ2) is 5.22. The van der Waals surface area contributed by atoms with Gasteiger partial charge in [-0.1, -0.05) is 20.8 Å². The van der Waals surface area contributed by atoms with Gasteiger partial charge in [-0.3, -0.25) is 4.79 Å². The van der Waals surface area contributed by atoms with Crippen molar-refractivity contribution in [3.05, 3.63) is 0 Å². The molecule has 0 radical (unpaired) electrons. The van der Waals surface area contributed by atoms with Crippen LogP contribution in [0.2, 0.25) is 0 Å². The van der Waals surface area contributed by atoms with E-state index in [1.54, 1.807) is 13.8 Å². The Morgan fingerprint density at radius 2 is 1.75 bits per heavy atom. The van der Waals surface area contributed by atoms with Crippen LogP contribution in [0.1, 0.15) is 40.0 Å². The molecule has 4 N–H and O–H groups in total. The minimum Gasteiger partial charge on any atom is -0.479 e. The quantitative estimate of drug-likeness (QED) is 0.535. The first-order chi connectivity index (χ1) is 11.0. The predicted molar refractivity (Wildman–Crippen MR) is 78.9 cm³/mol. The number of rotatable bonds is 3. The van der Waals surface area contributed by atoms with Gasteiger partial charge < -0.3 is 29.9 Å². The second-order valence-corrected chi connectivity index (χ2v) is 8.04. The number of ether oxygens (including phenoxy) is 2. The van der Waals surface area contributed by atoms with E-state index in [1.807, 2.05) is 6.92 Å². The number of carboxylic acids is 1. The van der Waals surface area contributed by atoms with Crippen molar-refractivity contribution in [3.8, 4) is 0 Å². The number of ketones is 1. The molecule has 3 unspecified atom stereocenters. The molecule has 2 bridgehead atoms. The Morgan fingerprint density at radius 1 is 1.12 bits per heavy atom. The molecule has 0 amide bonds. The monoisotopic (exact) mass is 344 g/mol. The van der Waals surface area contributed by atoms with E-state index in [2.05, 4.69) is 0 Å². The van der Waals surface area contributed by atoms with E-state index in [0.717, 1.165) is 0 Å². The molecule has 7 atom stereocenters. The standard InChI is InChI=1S/C16H24O8/c1-14(2)13(22)15(3)4-5-16(14,6-15)24-12-9(19)7(17)8(18)10(23-12)11(20)21/h7-10,12,17-19H,4-6H2,1-3H3,(H,20,21)/t7-,8-,9+,10-,12?,15?,16?/m0/s1. The summed E-state index contributed by atoms with van der Waals surface area (Å²) < 4.78 is 11.2. The van der Waals surface area contributed by atoms with Crippen molar-refractivity contribution in [1.82, 2.24) is 0 Å². The van der Waals surface area contributed by atoms with Crippen LogP contribution in [-0.2, 0) is 19.1 Å². The molecule has 2 saturated carbocycles. The van der Waals surface area contributed by atoms with Crippen LogP contribution in [0.15, 0.2) is 0 Å². The van der Waals surface area contributed by atoms with Gasteiger partial charge in [-0.2, -0.15) is 0 Å². The maximum Gasteiger partial charge on any atom is 0.335 e. The van der Waals surface area contributed by atoms with Gasteiger partial charge in [0.05, 0.1) is 11.0 Å². The van der Waals surface area contributed by atoms with Crippen molar-refractivity contribution >= 4 is 11.8 Å². The van der Waals surface area contributed by atoms with Gasteiger partial charge in [0.1, 0.15) is 24.1 Å². The number of carboxylic acid groups (broad SMARTS) is 1. The fraction of sp³-hybridized carbons (Fsp3) is 0.875. The second-order valence-electron chi connectivity index (χ2n) is 8.04. The fourth-order valence-corrected chi connectivity index (χ4v) is 4.59. The molecular formula is C16H24O8. The summed E-state index contributed by atoms with van der Waals surface area (Å²) in [6.07, 6.45) is -6.56. The van der Waals surface area contributed by atoms with E-state index in [4.69, 9.17) is 14.6 Å². The number of hydrogen-bond donors (Lipinski definition) is 4. The molecule has 24 heavy (non-hydrogen) atoms. The summed E-state index contributed by atoms with van der Waals surface area (Å²) in [5.41, 5.74) is -2.22. The molecule has 3 rings (SSSR count). The van der Waals surface area contributed by atoms with Crippen molar-refractivity contribution in [2.24, 2.45) is 10.8 Å². The number of aliphatic hydroxyl groups is 3. The van der Waals surface area contributed by atoms with E-state index < -0.39 is 53.1 Å². The highest BCUT2D eigenvalue weighted by molar-refractivity contribution is 5.94. The van der Waals surface area contributed by atoms with E-state index in [0.29, 0.717) is 19.3 Å². The zero-order valence-corrected chi connectivity index (χ0v) is 13.9. The predicted octanol–water partition coefficient (Wildman–Crippen LogP) is -0.567. The summed E-state index contributed by atoms with van der Waals surface area (Å²) in [5.74, 6) is -1.39. The molecule has 8 heteroatoms. The van der Waals surface area contributed by atoms with E-state index >= 15 is 0 Å². The largest absolute Gasteiger partial charge is 0.479 e. The van der Waals surface area contributed by atoms with Gasteiger partial charge in [0.25, 0.3) is 0 Å². The van der Waals surface area contributed by atoms with Gasteiger partial charge in [-0.25, -0.2) is 4.79 Å². The van der Waals surface area contributed by atoms with E-state index in [-0.39, 0.29) is 5.78 Å². The zero-order chi connectivity index (χ0) is 18.1. The van der Waals surface area contributed by atoms with Gasteiger partial charge in [0.2, 0.25) is 0 Å². The molecule has 0 spiro atoms. The van der Waals surface area contributed by atoms with E-state index in [9.17, 15) is 24.9 Å². The summed E-state index contributed by atoms with van der Waals surface area (Å²) in [6, 6.07) is 0. The summed E-state index contributed by atoms with van der Waals surface area (Å²) in [5, 5.41) is 38.9. The van der Waals surface area contributed by atoms with Crippen LogP contribution < -0.4 is 0 Å². The summed E-state index contributed by atoms with van der Waals surface area (Å²) in [7, 11) is 0. The maximum absolute atomic E-state index is 12.7. The molecule has 3 fully saturated rings. The summed E-state index contributed by atoms with van der Waals surface area (Å²) in [6.45, 7) is 5.43. The van der Waals surface area contributed by atoms with Gasteiger partial charge in [0, 0.05) is 5.41 Å². The van der Waals surface area contributed by atoms with Crippen molar-refractivity contribution in [2.75, 3.05) is 0 Å². The minimum absolute atomic E-state index is 0.0712. The topological polar surface area (TPSA) is 134 Å². The lowest BCUT2D eigenvalue weighted by molar-refractivity contribution is -0.328. The molecule has 0 aromatic carbocycles. The normalized spacial score (nSPS) is 50.2. The highest BCUT2D eigenvalue weighted by Crippen LogP contribution is 2.64. The van der Waals surface area contributed by atoms with Crippen LogP contribution in [0.5, 0.6) is 0 Å². The third-order valence-corrected chi connectivity index (χ3v) is 6.17. The molecule has 0 aromatic heterocycles. The van der Waals surface area contributed by atoms with Crippen LogP contribution in [0.3, 0.4) is 0 Å². The third kappa shape index (κ3) is 2.17. The van der Waals surface area contributed by atoms with Crippen molar-refractivity contribution in [1.29, 1.82) is 0 Å². The third-order valence-electron chi connectivity index (χ3n) is 6.17. The number of fused-ring (bicyclic) bond motifs is 2. The maximum atomic E-state index is 12.7. The molecule has 8 nitrogen and oxygen atoms in total.